The van der Waals surface area contributed by atoms with Crippen molar-refractivity contribution in [2.45, 2.75) is 68.9 Å². The molecule has 1 unspecified atom stereocenters. The molecule has 0 aromatic rings. The quantitative estimate of drug-likeness (QED) is 0.467. The van der Waals surface area contributed by atoms with Crippen LogP contribution in [0.5, 0.6) is 0 Å². The maximum atomic E-state index is 14.1. The van der Waals surface area contributed by atoms with Gasteiger partial charge < -0.3 is 0 Å². The molecule has 1 aliphatic carbocycles. The Balaban J connectivity index is 3.51. The van der Waals surface area contributed by atoms with E-state index in [-0.39, 0.29) is 6.42 Å². The Morgan fingerprint density at radius 2 is 1.11 bits per heavy atom. The van der Waals surface area contributed by atoms with Crippen LogP contribution in [0, 0.1) is 11.3 Å². The van der Waals surface area contributed by atoms with Crippen LogP contribution in [-0.4, -0.2) is 41.6 Å². The van der Waals surface area contributed by atoms with Crippen molar-refractivity contribution >= 4 is 5.78 Å². The number of carbonyl (C=O) groups is 1. The number of alkyl halides is 13. The van der Waals surface area contributed by atoms with Gasteiger partial charge in [0.1, 0.15) is 5.78 Å². The van der Waals surface area contributed by atoms with Gasteiger partial charge in [-0.25, -0.2) is 0 Å². The molecule has 166 valence electrons. The van der Waals surface area contributed by atoms with Gasteiger partial charge in [0.05, 0.1) is 5.92 Å². The number of ketones is 1. The average molecular weight is 444 g/mol. The third-order valence-corrected chi connectivity index (χ3v) is 4.59. The Kier molecular flexibility index (Phi) is 5.65. The zero-order valence-electron chi connectivity index (χ0n) is 14.0. The Bertz CT molecular complexity index is 617. The third kappa shape index (κ3) is 3.33. The highest BCUT2D eigenvalue weighted by Gasteiger charge is 2.91. The Morgan fingerprint density at radius 3 is 1.50 bits per heavy atom. The van der Waals surface area contributed by atoms with Gasteiger partial charge >= 0.3 is 35.8 Å². The molecule has 28 heavy (non-hydrogen) atoms. The van der Waals surface area contributed by atoms with Crippen LogP contribution in [0.3, 0.4) is 0 Å². The van der Waals surface area contributed by atoms with Gasteiger partial charge in [0.25, 0.3) is 0 Å². The SMILES string of the molecule is CC1(C)CCC(=O)C(C(F)(F)C(F)(F)C(F)(F)C(F)(F)C(F)(F)C(F)(F)F)C1. The van der Waals surface area contributed by atoms with Crippen LogP contribution >= 0.6 is 0 Å². The summed E-state index contributed by atoms with van der Waals surface area (Å²) in [5, 5.41) is 0. The van der Waals surface area contributed by atoms with Crippen LogP contribution in [0.2, 0.25) is 0 Å². The zero-order chi connectivity index (χ0) is 22.8. The largest absolute Gasteiger partial charge is 0.460 e. The maximum Gasteiger partial charge on any atom is 0.460 e. The van der Waals surface area contributed by atoms with E-state index < -0.39 is 65.7 Å². The molecule has 0 aromatic carbocycles. The molecule has 0 heterocycles. The molecule has 0 bridgehead atoms. The predicted octanol–water partition coefficient (Wildman–Crippen LogP) is 6.12. The number of hydrogen-bond acceptors (Lipinski definition) is 1. The highest BCUT2D eigenvalue weighted by molar-refractivity contribution is 5.83. The van der Waals surface area contributed by atoms with Gasteiger partial charge in [0.2, 0.25) is 0 Å². The molecule has 0 aromatic heterocycles. The van der Waals surface area contributed by atoms with Crippen LogP contribution in [-0.2, 0) is 4.79 Å². The van der Waals surface area contributed by atoms with Crippen LogP contribution in [0.1, 0.15) is 33.1 Å². The second kappa shape index (κ2) is 6.38. The number of rotatable bonds is 5. The number of hydrogen-bond donors (Lipinski definition) is 0. The first-order valence-electron chi connectivity index (χ1n) is 7.46. The molecule has 0 spiro atoms. The summed E-state index contributed by atoms with van der Waals surface area (Å²) in [6.07, 6.45) is -9.63. The molecule has 0 amide bonds. The Hall–Kier alpha value is -1.24. The number of halogens is 13. The second-order valence-corrected chi connectivity index (χ2v) is 7.31. The van der Waals surface area contributed by atoms with Gasteiger partial charge in [-0.3, -0.25) is 4.79 Å². The van der Waals surface area contributed by atoms with Crippen molar-refractivity contribution in [2.75, 3.05) is 0 Å². The smallest absolute Gasteiger partial charge is 0.299 e. The van der Waals surface area contributed by atoms with E-state index in [9.17, 15) is 61.9 Å². The van der Waals surface area contributed by atoms with Gasteiger partial charge in [0.15, 0.2) is 0 Å². The van der Waals surface area contributed by atoms with Crippen LogP contribution < -0.4 is 0 Å². The average Bonchev–Trinajstić information content (AvgIpc) is 2.47. The normalized spacial score (nSPS) is 23.1. The first-order valence-corrected chi connectivity index (χ1v) is 7.46. The minimum absolute atomic E-state index is 0.150. The highest BCUT2D eigenvalue weighted by atomic mass is 19.4. The predicted molar refractivity (Wildman–Crippen MR) is 66.9 cm³/mol. The first-order chi connectivity index (χ1) is 12.0. The maximum absolute atomic E-state index is 14.1. The zero-order valence-corrected chi connectivity index (χ0v) is 14.0. The molecule has 0 N–H and O–H groups in total. The fourth-order valence-corrected chi connectivity index (χ4v) is 2.74. The van der Waals surface area contributed by atoms with E-state index in [2.05, 4.69) is 0 Å². The van der Waals surface area contributed by atoms with Gasteiger partial charge in [0, 0.05) is 6.42 Å². The monoisotopic (exact) mass is 444 g/mol. The molecule has 14 heteroatoms. The van der Waals surface area contributed by atoms with Crippen molar-refractivity contribution in [3.63, 3.8) is 0 Å². The van der Waals surface area contributed by atoms with Crippen LogP contribution in [0.4, 0.5) is 57.1 Å². The van der Waals surface area contributed by atoms with Gasteiger partial charge in [-0.15, -0.1) is 0 Å². The van der Waals surface area contributed by atoms with Gasteiger partial charge in [-0.05, 0) is 18.3 Å². The summed E-state index contributed by atoms with van der Waals surface area (Å²) in [6.45, 7) is 2.32. The molecule has 0 saturated heterocycles. The number of Topliss-reactive ketones (excluding diaryl/α,β-unsaturated/α-hetero) is 1. The van der Waals surface area contributed by atoms with Crippen LogP contribution in [0.25, 0.3) is 0 Å². The van der Waals surface area contributed by atoms with Gasteiger partial charge in [-0.2, -0.15) is 57.1 Å². The number of carbonyl (C=O) groups excluding carboxylic acids is 1. The lowest BCUT2D eigenvalue weighted by Crippen LogP contribution is -2.71. The van der Waals surface area contributed by atoms with Gasteiger partial charge in [-0.1, -0.05) is 13.8 Å². The Labute approximate surface area is 149 Å². The van der Waals surface area contributed by atoms with Crippen LogP contribution in [0.15, 0.2) is 0 Å². The minimum Gasteiger partial charge on any atom is -0.299 e. The topological polar surface area (TPSA) is 17.1 Å². The summed E-state index contributed by atoms with van der Waals surface area (Å²) in [5.74, 6) is -42.3. The molecule has 1 fully saturated rings. The van der Waals surface area contributed by atoms with E-state index in [4.69, 9.17) is 0 Å². The molecular formula is C14H13F13O. The molecular weight excluding hydrogens is 431 g/mol. The summed E-state index contributed by atoms with van der Waals surface area (Å²) in [7, 11) is 0. The minimum atomic E-state index is -7.95. The summed E-state index contributed by atoms with van der Waals surface area (Å²) in [4.78, 5) is 11.5. The highest BCUT2D eigenvalue weighted by Crippen LogP contribution is 2.62. The molecule has 0 radical (unpaired) electrons. The van der Waals surface area contributed by atoms with Crippen molar-refractivity contribution in [1.82, 2.24) is 0 Å². The second-order valence-electron chi connectivity index (χ2n) is 7.31. The van der Waals surface area contributed by atoms with E-state index in [1.807, 2.05) is 0 Å². The summed E-state index contributed by atoms with van der Waals surface area (Å²) in [5.41, 5.74) is -1.31. The molecule has 1 rings (SSSR count). The van der Waals surface area contributed by atoms with E-state index in [0.717, 1.165) is 13.8 Å². The summed E-state index contributed by atoms with van der Waals surface area (Å²) >= 11 is 0. The summed E-state index contributed by atoms with van der Waals surface area (Å²) < 4.78 is 171. The van der Waals surface area contributed by atoms with E-state index >= 15 is 0 Å². The van der Waals surface area contributed by atoms with E-state index in [1.165, 1.54) is 0 Å². The lowest BCUT2D eigenvalue weighted by atomic mass is 9.68. The van der Waals surface area contributed by atoms with Crippen molar-refractivity contribution in [3.05, 3.63) is 0 Å². The lowest BCUT2D eigenvalue weighted by molar-refractivity contribution is -0.442. The molecule has 0 aliphatic heterocycles. The van der Waals surface area contributed by atoms with E-state index in [1.54, 1.807) is 0 Å². The molecule has 1 saturated carbocycles. The fraction of sp³-hybridized carbons (Fsp3) is 0.929. The van der Waals surface area contributed by atoms with Crippen molar-refractivity contribution in [3.8, 4) is 0 Å². The van der Waals surface area contributed by atoms with Crippen molar-refractivity contribution in [1.29, 1.82) is 0 Å². The summed E-state index contributed by atoms with van der Waals surface area (Å²) in [6, 6.07) is 0. The van der Waals surface area contributed by atoms with Crippen molar-refractivity contribution in [2.24, 2.45) is 11.3 Å². The standard InChI is InChI=1S/C14H13F13O/c1-8(2)4-3-7(28)6(5-8)9(15,16)10(17,18)11(19,20)12(21,22)13(23,24)14(25,26)27/h6H,3-5H2,1-2H3. The third-order valence-electron chi connectivity index (χ3n) is 4.59. The Morgan fingerprint density at radius 1 is 0.714 bits per heavy atom. The molecule has 1 aliphatic rings. The fourth-order valence-electron chi connectivity index (χ4n) is 2.74. The lowest BCUT2D eigenvalue weighted by Gasteiger charge is -2.44. The molecule has 1 atom stereocenters. The van der Waals surface area contributed by atoms with Crippen molar-refractivity contribution < 1.29 is 61.9 Å². The first kappa shape index (κ1) is 24.8. The van der Waals surface area contributed by atoms with E-state index in [0.29, 0.717) is 0 Å². The molecule has 1 nitrogen and oxygen atoms in total.